The first-order valence-corrected chi connectivity index (χ1v) is 14.9. The van der Waals surface area contributed by atoms with Crippen molar-refractivity contribution in [2.75, 3.05) is 39.3 Å². The summed E-state index contributed by atoms with van der Waals surface area (Å²) < 4.78 is 33.7. The molecule has 2 aliphatic rings. The van der Waals surface area contributed by atoms with E-state index in [-0.39, 0.29) is 23.6 Å². The lowest BCUT2D eigenvalue weighted by Gasteiger charge is -2.42. The minimum Gasteiger partial charge on any atom is -0.463 e. The van der Waals surface area contributed by atoms with E-state index >= 15 is 0 Å². The number of halogens is 1. The summed E-state index contributed by atoms with van der Waals surface area (Å²) in [5.41, 5.74) is 2.63. The third-order valence-corrected chi connectivity index (χ3v) is 9.38. The maximum atomic E-state index is 13.4. The van der Waals surface area contributed by atoms with Crippen LogP contribution in [0, 0.1) is 6.92 Å². The first kappa shape index (κ1) is 29.1. The molecule has 9 nitrogen and oxygen atoms in total. The van der Waals surface area contributed by atoms with Crippen LogP contribution >= 0.6 is 11.6 Å². The summed E-state index contributed by atoms with van der Waals surface area (Å²) in [6.45, 7) is 9.39. The van der Waals surface area contributed by atoms with Crippen LogP contribution in [0.5, 0.6) is 0 Å². The topological polar surface area (TPSA) is 99.3 Å². The van der Waals surface area contributed by atoms with Gasteiger partial charge in [0.05, 0.1) is 23.1 Å². The number of carbonyl (C=O) groups is 2. The Morgan fingerprint density at radius 1 is 1.08 bits per heavy atom. The molecule has 2 aliphatic heterocycles. The van der Waals surface area contributed by atoms with Crippen LogP contribution in [0.25, 0.3) is 0 Å². The molecule has 0 spiro atoms. The van der Waals surface area contributed by atoms with Gasteiger partial charge < -0.3 is 10.1 Å². The van der Waals surface area contributed by atoms with Crippen molar-refractivity contribution >= 4 is 33.6 Å². The number of aryl methyl sites for hydroxylation is 1. The quantitative estimate of drug-likeness (QED) is 0.479. The molecule has 39 heavy (non-hydrogen) atoms. The average molecular weight is 575 g/mol. The number of amides is 2. The molecule has 0 unspecified atom stereocenters. The number of benzene rings is 2. The lowest BCUT2D eigenvalue weighted by Crippen LogP contribution is -2.56. The van der Waals surface area contributed by atoms with Crippen LogP contribution in [0.1, 0.15) is 37.9 Å². The molecule has 2 aromatic rings. The summed E-state index contributed by atoms with van der Waals surface area (Å²) in [4.78, 5) is 30.4. The molecule has 2 amide bonds. The van der Waals surface area contributed by atoms with Crippen LogP contribution in [0.4, 0.5) is 4.79 Å². The van der Waals surface area contributed by atoms with Gasteiger partial charge in [-0.2, -0.15) is 4.31 Å². The SMILES string of the molecule is CCOC(=O)C1=C(CN2CCN(S(=O)(=O)c3ccc(C)cc3)[C@@H](C)C2)N(CC)C(=O)N[C@H]1c1ccc(Cl)cc1. The number of piperazine rings is 1. The van der Waals surface area contributed by atoms with Crippen molar-refractivity contribution in [2.45, 2.75) is 44.7 Å². The third-order valence-electron chi connectivity index (χ3n) is 7.10. The van der Waals surface area contributed by atoms with Crippen molar-refractivity contribution in [3.05, 3.63) is 76.0 Å². The molecule has 0 aliphatic carbocycles. The number of hydrogen-bond donors (Lipinski definition) is 1. The van der Waals surface area contributed by atoms with Gasteiger partial charge in [0, 0.05) is 49.5 Å². The van der Waals surface area contributed by atoms with Crippen molar-refractivity contribution in [3.63, 3.8) is 0 Å². The van der Waals surface area contributed by atoms with E-state index < -0.39 is 22.0 Å². The van der Waals surface area contributed by atoms with Gasteiger partial charge in [0.1, 0.15) is 0 Å². The van der Waals surface area contributed by atoms with Gasteiger partial charge in [-0.25, -0.2) is 18.0 Å². The number of carbonyl (C=O) groups excluding carboxylic acids is 2. The van der Waals surface area contributed by atoms with Crippen LogP contribution in [-0.2, 0) is 19.6 Å². The Labute approximate surface area is 235 Å². The Morgan fingerprint density at radius 2 is 1.74 bits per heavy atom. The Balaban J connectivity index is 1.64. The summed E-state index contributed by atoms with van der Waals surface area (Å²) in [7, 11) is -3.65. The molecule has 4 rings (SSSR count). The smallest absolute Gasteiger partial charge is 0.338 e. The van der Waals surface area contributed by atoms with Crippen molar-refractivity contribution in [2.24, 2.45) is 0 Å². The molecule has 11 heteroatoms. The van der Waals surface area contributed by atoms with Gasteiger partial charge in [-0.1, -0.05) is 41.4 Å². The fraction of sp³-hybridized carbons (Fsp3) is 0.429. The van der Waals surface area contributed by atoms with Gasteiger partial charge in [0.15, 0.2) is 0 Å². The van der Waals surface area contributed by atoms with E-state index in [1.807, 2.05) is 20.8 Å². The highest BCUT2D eigenvalue weighted by Crippen LogP contribution is 2.33. The largest absolute Gasteiger partial charge is 0.463 e. The zero-order valence-electron chi connectivity index (χ0n) is 22.7. The van der Waals surface area contributed by atoms with E-state index in [2.05, 4.69) is 10.2 Å². The molecule has 0 radical (unpaired) electrons. The van der Waals surface area contributed by atoms with Gasteiger partial charge >= 0.3 is 12.0 Å². The van der Waals surface area contributed by atoms with E-state index in [0.717, 1.165) is 5.56 Å². The highest BCUT2D eigenvalue weighted by Gasteiger charge is 2.40. The number of sulfonamides is 1. The molecule has 0 bridgehead atoms. The second-order valence-electron chi connectivity index (χ2n) is 9.77. The Hall–Kier alpha value is -2.92. The predicted molar refractivity (Wildman–Crippen MR) is 150 cm³/mol. The van der Waals surface area contributed by atoms with Crippen LogP contribution < -0.4 is 5.32 Å². The number of esters is 1. The summed E-state index contributed by atoms with van der Waals surface area (Å²) in [6, 6.07) is 12.5. The van der Waals surface area contributed by atoms with Crippen molar-refractivity contribution in [1.82, 2.24) is 19.4 Å². The first-order chi connectivity index (χ1) is 18.6. The van der Waals surface area contributed by atoms with Crippen molar-refractivity contribution in [3.8, 4) is 0 Å². The second-order valence-corrected chi connectivity index (χ2v) is 12.1. The van der Waals surface area contributed by atoms with Gasteiger partial charge in [0.2, 0.25) is 10.0 Å². The standard InChI is InChI=1S/C28H35ClN4O5S/c1-5-32-24(25(27(34)38-6-2)26(30-28(32)35)21-9-11-22(29)12-10-21)18-31-15-16-33(20(4)17-31)39(36,37)23-13-7-19(3)8-14-23/h7-14,20,26H,5-6,15-18H2,1-4H3,(H,30,35)/t20-,26-/m0/s1. The van der Waals surface area contributed by atoms with Gasteiger partial charge in [-0.3, -0.25) is 9.80 Å². The number of rotatable bonds is 8. The molecule has 0 aromatic heterocycles. The lowest BCUT2D eigenvalue weighted by atomic mass is 9.94. The molecule has 1 saturated heterocycles. The summed E-state index contributed by atoms with van der Waals surface area (Å²) in [5, 5.41) is 3.49. The van der Waals surface area contributed by atoms with Crippen LogP contribution in [0.15, 0.2) is 64.7 Å². The van der Waals surface area contributed by atoms with E-state index in [1.165, 1.54) is 4.31 Å². The second kappa shape index (κ2) is 12.1. The summed E-state index contributed by atoms with van der Waals surface area (Å²) >= 11 is 6.08. The number of nitrogens with one attached hydrogen (secondary N) is 1. The van der Waals surface area contributed by atoms with E-state index in [1.54, 1.807) is 60.4 Å². The minimum atomic E-state index is -3.65. The van der Waals surface area contributed by atoms with Crippen LogP contribution in [-0.4, -0.2) is 79.9 Å². The molecule has 210 valence electrons. The van der Waals surface area contributed by atoms with Gasteiger partial charge in [-0.15, -0.1) is 0 Å². The predicted octanol–water partition coefficient (Wildman–Crippen LogP) is 3.95. The normalized spacial score (nSPS) is 21.2. The fourth-order valence-corrected chi connectivity index (χ4v) is 6.88. The minimum absolute atomic E-state index is 0.190. The van der Waals surface area contributed by atoms with Crippen LogP contribution in [0.2, 0.25) is 5.02 Å². The average Bonchev–Trinajstić information content (AvgIpc) is 2.89. The van der Waals surface area contributed by atoms with Crippen molar-refractivity contribution < 1.29 is 22.7 Å². The lowest BCUT2D eigenvalue weighted by molar-refractivity contribution is -0.139. The number of likely N-dealkylation sites (N-methyl/N-ethyl adjacent to an activating group) is 1. The summed E-state index contributed by atoms with van der Waals surface area (Å²) in [5.74, 6) is -0.500. The summed E-state index contributed by atoms with van der Waals surface area (Å²) in [6.07, 6.45) is 0. The zero-order chi connectivity index (χ0) is 28.3. The first-order valence-electron chi connectivity index (χ1n) is 13.1. The van der Waals surface area contributed by atoms with Crippen molar-refractivity contribution in [1.29, 1.82) is 0 Å². The number of urea groups is 1. The highest BCUT2D eigenvalue weighted by atomic mass is 35.5. The Morgan fingerprint density at radius 3 is 2.33 bits per heavy atom. The molecule has 1 N–H and O–H groups in total. The van der Waals surface area contributed by atoms with Crippen LogP contribution in [0.3, 0.4) is 0 Å². The highest BCUT2D eigenvalue weighted by molar-refractivity contribution is 7.89. The number of ether oxygens (including phenoxy) is 1. The van der Waals surface area contributed by atoms with E-state index in [4.69, 9.17) is 16.3 Å². The monoisotopic (exact) mass is 574 g/mol. The zero-order valence-corrected chi connectivity index (χ0v) is 24.3. The fourth-order valence-electron chi connectivity index (χ4n) is 5.14. The molecule has 1 fully saturated rings. The maximum Gasteiger partial charge on any atom is 0.338 e. The Kier molecular flexibility index (Phi) is 9.00. The molecule has 2 aromatic carbocycles. The van der Waals surface area contributed by atoms with Gasteiger partial charge in [-0.05, 0) is 57.5 Å². The molecule has 0 saturated carbocycles. The maximum absolute atomic E-state index is 13.4. The molecule has 2 heterocycles. The Bertz CT molecular complexity index is 1350. The molecular formula is C28H35ClN4O5S. The van der Waals surface area contributed by atoms with E-state index in [9.17, 15) is 18.0 Å². The molecule has 2 atom stereocenters. The third kappa shape index (κ3) is 6.14. The number of hydrogen-bond acceptors (Lipinski definition) is 6. The molecular weight excluding hydrogens is 540 g/mol. The van der Waals surface area contributed by atoms with E-state index in [0.29, 0.717) is 54.6 Å². The van der Waals surface area contributed by atoms with Gasteiger partial charge in [0.25, 0.3) is 0 Å². The number of nitrogens with zero attached hydrogens (tertiary/aromatic N) is 3.